The second-order valence-corrected chi connectivity index (χ2v) is 3.77. The predicted molar refractivity (Wildman–Crippen MR) is 69.4 cm³/mol. The van der Waals surface area contributed by atoms with Crippen LogP contribution in [0.5, 0.6) is 5.75 Å². The highest BCUT2D eigenvalue weighted by atomic mass is 16.5. The van der Waals surface area contributed by atoms with E-state index < -0.39 is 0 Å². The van der Waals surface area contributed by atoms with E-state index in [0.717, 1.165) is 12.3 Å². The molecule has 0 heterocycles. The standard InChI is InChI=1S/C14H21NO/c1-2-3-4-8-11-15-12-13-16-14-9-6-5-7-10-14/h5-7,9-10,12H,2-4,8,11,13H2,1H3. The number of hydrogen-bond donors (Lipinski definition) is 0. The molecule has 16 heavy (non-hydrogen) atoms. The molecule has 2 heteroatoms. The lowest BCUT2D eigenvalue weighted by molar-refractivity contribution is 0.380. The average Bonchev–Trinajstić information content (AvgIpc) is 2.34. The van der Waals surface area contributed by atoms with Crippen molar-refractivity contribution in [1.29, 1.82) is 0 Å². The van der Waals surface area contributed by atoms with Crippen LogP contribution in [0.4, 0.5) is 0 Å². The minimum Gasteiger partial charge on any atom is -0.488 e. The van der Waals surface area contributed by atoms with Gasteiger partial charge >= 0.3 is 0 Å². The van der Waals surface area contributed by atoms with Crippen LogP contribution in [0.15, 0.2) is 35.3 Å². The number of benzene rings is 1. The molecular weight excluding hydrogens is 198 g/mol. The summed E-state index contributed by atoms with van der Waals surface area (Å²) in [5.41, 5.74) is 0. The number of para-hydroxylation sites is 1. The Kier molecular flexibility index (Phi) is 7.14. The fraction of sp³-hybridized carbons (Fsp3) is 0.500. The number of aliphatic imine (C=N–C) groups is 1. The maximum atomic E-state index is 5.48. The van der Waals surface area contributed by atoms with E-state index in [1.165, 1.54) is 25.7 Å². The molecule has 88 valence electrons. The van der Waals surface area contributed by atoms with E-state index in [1.54, 1.807) is 0 Å². The summed E-state index contributed by atoms with van der Waals surface area (Å²) in [4.78, 5) is 4.31. The zero-order chi connectivity index (χ0) is 11.5. The molecule has 0 saturated carbocycles. The summed E-state index contributed by atoms with van der Waals surface area (Å²) in [7, 11) is 0. The Morgan fingerprint density at radius 1 is 1.12 bits per heavy atom. The van der Waals surface area contributed by atoms with Crippen molar-refractivity contribution in [2.45, 2.75) is 32.6 Å². The van der Waals surface area contributed by atoms with Gasteiger partial charge in [-0.3, -0.25) is 4.99 Å². The van der Waals surface area contributed by atoms with E-state index in [9.17, 15) is 0 Å². The Balaban J connectivity index is 2.00. The van der Waals surface area contributed by atoms with E-state index in [-0.39, 0.29) is 0 Å². The van der Waals surface area contributed by atoms with Crippen molar-refractivity contribution in [3.8, 4) is 5.75 Å². The van der Waals surface area contributed by atoms with Crippen LogP contribution in [-0.4, -0.2) is 19.4 Å². The minimum absolute atomic E-state index is 0.567. The molecule has 0 amide bonds. The van der Waals surface area contributed by atoms with Crippen molar-refractivity contribution in [2.75, 3.05) is 13.2 Å². The lowest BCUT2D eigenvalue weighted by Crippen LogP contribution is -1.98. The molecule has 2 nitrogen and oxygen atoms in total. The maximum absolute atomic E-state index is 5.48. The van der Waals surface area contributed by atoms with Crippen LogP contribution in [0.3, 0.4) is 0 Å². The summed E-state index contributed by atoms with van der Waals surface area (Å²) < 4.78 is 5.48. The van der Waals surface area contributed by atoms with Crippen molar-refractivity contribution >= 4 is 6.21 Å². The van der Waals surface area contributed by atoms with Crippen molar-refractivity contribution in [1.82, 2.24) is 0 Å². The molecule has 0 aliphatic heterocycles. The third kappa shape index (κ3) is 6.23. The lowest BCUT2D eigenvalue weighted by Gasteiger charge is -2.01. The molecule has 0 fully saturated rings. The average molecular weight is 219 g/mol. The largest absolute Gasteiger partial charge is 0.488 e. The Bertz CT molecular complexity index is 282. The van der Waals surface area contributed by atoms with E-state index in [0.29, 0.717) is 6.61 Å². The highest BCUT2D eigenvalue weighted by Crippen LogP contribution is 2.07. The van der Waals surface area contributed by atoms with Crippen LogP contribution >= 0.6 is 0 Å². The van der Waals surface area contributed by atoms with Gasteiger partial charge in [-0.05, 0) is 18.6 Å². The Labute approximate surface area is 98.4 Å². The number of unbranched alkanes of at least 4 members (excludes halogenated alkanes) is 3. The van der Waals surface area contributed by atoms with Crippen LogP contribution in [0.1, 0.15) is 32.6 Å². The Hall–Kier alpha value is -1.31. The molecule has 0 saturated heterocycles. The van der Waals surface area contributed by atoms with Crippen LogP contribution < -0.4 is 4.74 Å². The first kappa shape index (κ1) is 12.8. The lowest BCUT2D eigenvalue weighted by atomic mass is 10.2. The first-order valence-electron chi connectivity index (χ1n) is 6.09. The van der Waals surface area contributed by atoms with Gasteiger partial charge in [-0.15, -0.1) is 0 Å². The van der Waals surface area contributed by atoms with Crippen LogP contribution in [0.2, 0.25) is 0 Å². The van der Waals surface area contributed by atoms with Gasteiger partial charge in [0.15, 0.2) is 0 Å². The van der Waals surface area contributed by atoms with Crippen LogP contribution in [-0.2, 0) is 0 Å². The van der Waals surface area contributed by atoms with Gasteiger partial charge < -0.3 is 4.74 Å². The summed E-state index contributed by atoms with van der Waals surface area (Å²) in [6, 6.07) is 9.83. The first-order valence-corrected chi connectivity index (χ1v) is 6.09. The van der Waals surface area contributed by atoms with Gasteiger partial charge in [0.05, 0.1) is 0 Å². The van der Waals surface area contributed by atoms with Gasteiger partial charge in [0.1, 0.15) is 12.4 Å². The molecule has 0 spiro atoms. The van der Waals surface area contributed by atoms with Gasteiger partial charge in [0, 0.05) is 12.8 Å². The highest BCUT2D eigenvalue weighted by Gasteiger charge is 1.88. The molecule has 0 bridgehead atoms. The van der Waals surface area contributed by atoms with Gasteiger partial charge in [-0.2, -0.15) is 0 Å². The fourth-order valence-corrected chi connectivity index (χ4v) is 1.42. The molecule has 1 aromatic carbocycles. The van der Waals surface area contributed by atoms with Gasteiger partial charge in [-0.25, -0.2) is 0 Å². The Morgan fingerprint density at radius 2 is 1.94 bits per heavy atom. The number of hydrogen-bond acceptors (Lipinski definition) is 2. The molecule has 1 aromatic rings. The molecule has 0 radical (unpaired) electrons. The summed E-state index contributed by atoms with van der Waals surface area (Å²) in [5.74, 6) is 0.903. The van der Waals surface area contributed by atoms with Crippen molar-refractivity contribution in [3.63, 3.8) is 0 Å². The van der Waals surface area contributed by atoms with Gasteiger partial charge in [0.2, 0.25) is 0 Å². The summed E-state index contributed by atoms with van der Waals surface area (Å²) >= 11 is 0. The SMILES string of the molecule is CCCCCCN=CCOc1ccccc1. The third-order valence-corrected chi connectivity index (χ3v) is 2.34. The number of nitrogens with zero attached hydrogens (tertiary/aromatic N) is 1. The molecule has 0 unspecified atom stereocenters. The van der Waals surface area contributed by atoms with Crippen molar-refractivity contribution < 1.29 is 4.74 Å². The molecule has 1 rings (SSSR count). The fourth-order valence-electron chi connectivity index (χ4n) is 1.42. The monoisotopic (exact) mass is 219 g/mol. The molecule has 0 aliphatic carbocycles. The summed E-state index contributed by atoms with van der Waals surface area (Å²) in [6.45, 7) is 3.72. The Morgan fingerprint density at radius 3 is 2.69 bits per heavy atom. The van der Waals surface area contributed by atoms with Crippen LogP contribution in [0, 0.1) is 0 Å². The molecule has 0 aliphatic rings. The first-order chi connectivity index (χ1) is 7.93. The van der Waals surface area contributed by atoms with Gasteiger partial charge in [0.25, 0.3) is 0 Å². The third-order valence-electron chi connectivity index (χ3n) is 2.34. The quantitative estimate of drug-likeness (QED) is 0.482. The minimum atomic E-state index is 0.567. The second kappa shape index (κ2) is 8.96. The van der Waals surface area contributed by atoms with E-state index in [1.807, 2.05) is 36.5 Å². The number of ether oxygens (including phenoxy) is 1. The smallest absolute Gasteiger partial charge is 0.123 e. The van der Waals surface area contributed by atoms with Crippen molar-refractivity contribution in [3.05, 3.63) is 30.3 Å². The van der Waals surface area contributed by atoms with E-state index >= 15 is 0 Å². The zero-order valence-electron chi connectivity index (χ0n) is 10.1. The zero-order valence-corrected chi connectivity index (χ0v) is 10.1. The topological polar surface area (TPSA) is 21.6 Å². The molecular formula is C14H21NO. The van der Waals surface area contributed by atoms with E-state index in [4.69, 9.17) is 4.74 Å². The number of rotatable bonds is 8. The highest BCUT2D eigenvalue weighted by molar-refractivity contribution is 5.58. The maximum Gasteiger partial charge on any atom is 0.123 e. The molecule has 0 aromatic heterocycles. The van der Waals surface area contributed by atoms with Gasteiger partial charge in [-0.1, -0.05) is 44.4 Å². The normalized spacial score (nSPS) is 10.8. The van der Waals surface area contributed by atoms with Crippen LogP contribution in [0.25, 0.3) is 0 Å². The van der Waals surface area contributed by atoms with E-state index in [2.05, 4.69) is 11.9 Å². The van der Waals surface area contributed by atoms with Crippen molar-refractivity contribution in [2.24, 2.45) is 4.99 Å². The summed E-state index contributed by atoms with van der Waals surface area (Å²) in [5, 5.41) is 0. The second-order valence-electron chi connectivity index (χ2n) is 3.77. The molecule has 0 N–H and O–H groups in total. The summed E-state index contributed by atoms with van der Waals surface area (Å²) in [6.07, 6.45) is 6.93. The molecule has 0 atom stereocenters. The predicted octanol–water partition coefficient (Wildman–Crippen LogP) is 3.72.